The normalized spacial score (nSPS) is 12.5. The van der Waals surface area contributed by atoms with E-state index in [-0.39, 0.29) is 11.1 Å². The molecule has 1 aromatic rings. The van der Waals surface area contributed by atoms with Crippen LogP contribution in [0, 0.1) is 0 Å². The largest absolute Gasteiger partial charge is 0.478 e. The monoisotopic (exact) mass is 186 g/mol. The molecule has 2 nitrogen and oxygen atoms in total. The van der Waals surface area contributed by atoms with E-state index in [2.05, 4.69) is 0 Å². The Balaban J connectivity index is 2.87. The fourth-order valence-corrected chi connectivity index (χ4v) is 0.924. The van der Waals surface area contributed by atoms with Crippen LogP contribution in [0.4, 0.5) is 8.78 Å². The van der Waals surface area contributed by atoms with E-state index >= 15 is 0 Å². The summed E-state index contributed by atoms with van der Waals surface area (Å²) in [4.78, 5) is 10.4. The van der Waals surface area contributed by atoms with Gasteiger partial charge in [0.1, 0.15) is 6.67 Å². The van der Waals surface area contributed by atoms with Crippen molar-refractivity contribution < 1.29 is 18.7 Å². The first kappa shape index (κ1) is 9.64. The summed E-state index contributed by atoms with van der Waals surface area (Å²) in [5.74, 6) is -1.08. The van der Waals surface area contributed by atoms with Gasteiger partial charge in [0.25, 0.3) is 0 Å². The van der Waals surface area contributed by atoms with Gasteiger partial charge < -0.3 is 5.11 Å². The van der Waals surface area contributed by atoms with E-state index < -0.39 is 18.8 Å². The first-order chi connectivity index (χ1) is 6.15. The number of rotatable bonds is 3. The van der Waals surface area contributed by atoms with Crippen LogP contribution in [0.1, 0.15) is 22.1 Å². The molecule has 4 heteroatoms. The highest BCUT2D eigenvalue weighted by molar-refractivity contribution is 5.87. The van der Waals surface area contributed by atoms with Crippen LogP contribution >= 0.6 is 0 Å². The van der Waals surface area contributed by atoms with Crippen LogP contribution in [0.2, 0.25) is 0 Å². The number of carbonyl (C=O) groups is 1. The predicted molar refractivity (Wildman–Crippen MR) is 43.2 cm³/mol. The molecule has 0 radical (unpaired) electrons. The Kier molecular flexibility index (Phi) is 2.95. The zero-order valence-corrected chi connectivity index (χ0v) is 6.71. The van der Waals surface area contributed by atoms with Gasteiger partial charge in [0.15, 0.2) is 6.17 Å². The van der Waals surface area contributed by atoms with Crippen molar-refractivity contribution in [1.82, 2.24) is 0 Å². The topological polar surface area (TPSA) is 37.3 Å². The highest BCUT2D eigenvalue weighted by Gasteiger charge is 2.09. The van der Waals surface area contributed by atoms with Gasteiger partial charge in [0, 0.05) is 0 Å². The molecule has 1 aromatic carbocycles. The SMILES string of the molecule is O=C(O)c1ccc(C(F)CF)cc1. The fraction of sp³-hybridized carbons (Fsp3) is 0.222. The van der Waals surface area contributed by atoms with Gasteiger partial charge in [-0.1, -0.05) is 12.1 Å². The van der Waals surface area contributed by atoms with Gasteiger partial charge >= 0.3 is 5.97 Å². The van der Waals surface area contributed by atoms with Crippen LogP contribution in [-0.4, -0.2) is 17.8 Å². The van der Waals surface area contributed by atoms with E-state index in [0.717, 1.165) is 0 Å². The summed E-state index contributed by atoms with van der Waals surface area (Å²) in [7, 11) is 0. The van der Waals surface area contributed by atoms with Crippen LogP contribution in [0.15, 0.2) is 24.3 Å². The molecule has 1 unspecified atom stereocenters. The summed E-state index contributed by atoms with van der Waals surface area (Å²) in [6.07, 6.45) is -1.66. The van der Waals surface area contributed by atoms with E-state index in [9.17, 15) is 13.6 Å². The molecule has 0 spiro atoms. The molecule has 70 valence electrons. The van der Waals surface area contributed by atoms with Crippen molar-refractivity contribution in [3.63, 3.8) is 0 Å². The Labute approximate surface area is 73.8 Å². The minimum Gasteiger partial charge on any atom is -0.478 e. The van der Waals surface area contributed by atoms with Gasteiger partial charge in [-0.15, -0.1) is 0 Å². The average Bonchev–Trinajstić information content (AvgIpc) is 2.17. The predicted octanol–water partition coefficient (Wildman–Crippen LogP) is 2.36. The second-order valence-electron chi connectivity index (χ2n) is 2.55. The maximum absolute atomic E-state index is 12.7. The Morgan fingerprint density at radius 1 is 1.38 bits per heavy atom. The number of aromatic carboxylic acids is 1. The number of hydrogen-bond acceptors (Lipinski definition) is 1. The number of benzene rings is 1. The molecular formula is C9H8F2O2. The standard InChI is InChI=1S/C9H8F2O2/c10-5-8(11)6-1-3-7(4-2-6)9(12)13/h1-4,8H,5H2,(H,12,13). The molecule has 0 saturated heterocycles. The van der Waals surface area contributed by atoms with E-state index in [1.807, 2.05) is 0 Å². The van der Waals surface area contributed by atoms with E-state index in [1.165, 1.54) is 24.3 Å². The van der Waals surface area contributed by atoms with Gasteiger partial charge in [-0.2, -0.15) is 0 Å². The molecule has 1 N–H and O–H groups in total. The molecular weight excluding hydrogens is 178 g/mol. The van der Waals surface area contributed by atoms with Gasteiger partial charge in [0.05, 0.1) is 5.56 Å². The number of hydrogen-bond donors (Lipinski definition) is 1. The summed E-state index contributed by atoms with van der Waals surface area (Å²) >= 11 is 0. The summed E-state index contributed by atoms with van der Waals surface area (Å²) < 4.78 is 24.5. The van der Waals surface area contributed by atoms with E-state index in [1.54, 1.807) is 0 Å². The van der Waals surface area contributed by atoms with Crippen molar-refractivity contribution in [2.24, 2.45) is 0 Å². The van der Waals surface area contributed by atoms with Gasteiger partial charge in [-0.05, 0) is 17.7 Å². The molecule has 0 aromatic heterocycles. The quantitative estimate of drug-likeness (QED) is 0.786. The molecule has 13 heavy (non-hydrogen) atoms. The van der Waals surface area contributed by atoms with E-state index in [4.69, 9.17) is 5.11 Å². The summed E-state index contributed by atoms with van der Waals surface area (Å²) in [5, 5.41) is 8.50. The van der Waals surface area contributed by atoms with Crippen LogP contribution in [0.5, 0.6) is 0 Å². The Morgan fingerprint density at radius 3 is 2.31 bits per heavy atom. The lowest BCUT2D eigenvalue weighted by molar-refractivity contribution is 0.0697. The number of carboxylic acid groups (broad SMARTS) is 1. The summed E-state index contributed by atoms with van der Waals surface area (Å²) in [6.45, 7) is -1.09. The molecule has 0 bridgehead atoms. The second kappa shape index (κ2) is 3.98. The molecule has 0 heterocycles. The van der Waals surface area contributed by atoms with Gasteiger partial charge in [0.2, 0.25) is 0 Å². The average molecular weight is 186 g/mol. The smallest absolute Gasteiger partial charge is 0.335 e. The molecule has 0 amide bonds. The highest BCUT2D eigenvalue weighted by atomic mass is 19.2. The van der Waals surface area contributed by atoms with Crippen molar-refractivity contribution in [2.75, 3.05) is 6.67 Å². The lowest BCUT2D eigenvalue weighted by Crippen LogP contribution is -1.98. The summed E-state index contributed by atoms with van der Waals surface area (Å²) in [6, 6.07) is 5.04. The van der Waals surface area contributed by atoms with Gasteiger partial charge in [-0.3, -0.25) is 0 Å². The minimum atomic E-state index is -1.66. The summed E-state index contributed by atoms with van der Waals surface area (Å²) in [5.41, 5.74) is 0.224. The van der Waals surface area contributed by atoms with Crippen molar-refractivity contribution in [3.05, 3.63) is 35.4 Å². The lowest BCUT2D eigenvalue weighted by atomic mass is 10.1. The van der Waals surface area contributed by atoms with Crippen LogP contribution in [-0.2, 0) is 0 Å². The molecule has 1 rings (SSSR count). The van der Waals surface area contributed by atoms with Crippen LogP contribution in [0.25, 0.3) is 0 Å². The Morgan fingerprint density at radius 2 is 1.92 bits per heavy atom. The number of carboxylic acids is 1. The third kappa shape index (κ3) is 2.24. The third-order valence-electron chi connectivity index (χ3n) is 1.65. The molecule has 0 aliphatic rings. The molecule has 0 aliphatic carbocycles. The molecule has 0 fully saturated rings. The minimum absolute atomic E-state index is 0.0646. The highest BCUT2D eigenvalue weighted by Crippen LogP contribution is 2.18. The Hall–Kier alpha value is -1.45. The van der Waals surface area contributed by atoms with Crippen molar-refractivity contribution in [2.45, 2.75) is 6.17 Å². The Bertz CT molecular complexity index is 295. The van der Waals surface area contributed by atoms with Crippen LogP contribution < -0.4 is 0 Å². The van der Waals surface area contributed by atoms with E-state index in [0.29, 0.717) is 0 Å². The third-order valence-corrected chi connectivity index (χ3v) is 1.65. The van der Waals surface area contributed by atoms with Crippen molar-refractivity contribution >= 4 is 5.97 Å². The fourth-order valence-electron chi connectivity index (χ4n) is 0.924. The maximum Gasteiger partial charge on any atom is 0.335 e. The number of alkyl halides is 2. The molecule has 1 atom stereocenters. The first-order valence-corrected chi connectivity index (χ1v) is 3.68. The molecule has 0 saturated carbocycles. The zero-order valence-electron chi connectivity index (χ0n) is 6.71. The van der Waals surface area contributed by atoms with Gasteiger partial charge in [-0.25, -0.2) is 13.6 Å². The first-order valence-electron chi connectivity index (χ1n) is 3.68. The number of halogens is 2. The zero-order chi connectivity index (χ0) is 9.84. The van der Waals surface area contributed by atoms with Crippen molar-refractivity contribution in [1.29, 1.82) is 0 Å². The lowest BCUT2D eigenvalue weighted by Gasteiger charge is -2.03. The van der Waals surface area contributed by atoms with Crippen LogP contribution in [0.3, 0.4) is 0 Å². The molecule has 0 aliphatic heterocycles. The second-order valence-corrected chi connectivity index (χ2v) is 2.55. The maximum atomic E-state index is 12.7. The van der Waals surface area contributed by atoms with Crippen molar-refractivity contribution in [3.8, 4) is 0 Å².